The molecule has 3 rings (SSSR count). The molecule has 3 heterocycles. The smallest absolute Gasteiger partial charge is 0.361 e. The van der Waals surface area contributed by atoms with Gasteiger partial charge in [-0.3, -0.25) is 0 Å². The van der Waals surface area contributed by atoms with Crippen LogP contribution in [0.25, 0.3) is 11.0 Å². The van der Waals surface area contributed by atoms with Crippen molar-refractivity contribution in [3.05, 3.63) is 47.4 Å². The second-order valence-corrected chi connectivity index (χ2v) is 5.20. The molecule has 0 saturated heterocycles. The molecule has 0 aromatic carbocycles. The van der Waals surface area contributed by atoms with Gasteiger partial charge in [0.2, 0.25) is 0 Å². The zero-order valence-corrected chi connectivity index (χ0v) is 12.9. The van der Waals surface area contributed by atoms with Gasteiger partial charge in [-0.05, 0) is 32.0 Å². The van der Waals surface area contributed by atoms with E-state index in [2.05, 4.69) is 30.2 Å². The van der Waals surface area contributed by atoms with Gasteiger partial charge in [0.05, 0.1) is 12.1 Å². The largest absolute Gasteiger partial charge is 0.433 e. The molecule has 0 amide bonds. The normalized spacial score (nSPS) is 11.7. The molecule has 0 aliphatic rings. The van der Waals surface area contributed by atoms with E-state index in [1.165, 1.54) is 13.3 Å². The summed E-state index contributed by atoms with van der Waals surface area (Å²) in [5.41, 5.74) is 1.25. The van der Waals surface area contributed by atoms with E-state index in [-0.39, 0.29) is 18.1 Å². The molecule has 0 fully saturated rings. The summed E-state index contributed by atoms with van der Waals surface area (Å²) in [6, 6.07) is 4.53. The average molecular weight is 334 g/mol. The lowest BCUT2D eigenvalue weighted by Gasteiger charge is -2.10. The highest BCUT2D eigenvalue weighted by atomic mass is 19.4. The molecule has 9 heteroatoms. The Morgan fingerprint density at radius 3 is 2.54 bits per heavy atom. The van der Waals surface area contributed by atoms with Crippen LogP contribution in [0.3, 0.4) is 0 Å². The van der Waals surface area contributed by atoms with Crippen molar-refractivity contribution in [2.75, 3.05) is 5.32 Å². The summed E-state index contributed by atoms with van der Waals surface area (Å²) in [5.74, 6) is 0.448. The maximum atomic E-state index is 12.8. The highest BCUT2D eigenvalue weighted by Crippen LogP contribution is 2.28. The van der Waals surface area contributed by atoms with Crippen molar-refractivity contribution in [3.63, 3.8) is 0 Å². The van der Waals surface area contributed by atoms with Crippen molar-refractivity contribution in [2.24, 2.45) is 0 Å². The van der Waals surface area contributed by atoms with E-state index in [9.17, 15) is 13.2 Å². The number of halogens is 3. The van der Waals surface area contributed by atoms with Crippen LogP contribution in [0.4, 0.5) is 19.0 Å². The first-order valence-corrected chi connectivity index (χ1v) is 7.07. The molecule has 0 unspecified atom stereocenters. The summed E-state index contributed by atoms with van der Waals surface area (Å²) in [5, 5.41) is 2.93. The molecule has 0 radical (unpaired) electrons. The van der Waals surface area contributed by atoms with Crippen LogP contribution in [0.1, 0.15) is 22.9 Å². The number of hydrogen-bond acceptors (Lipinski definition) is 6. The van der Waals surface area contributed by atoms with Crippen molar-refractivity contribution in [1.82, 2.24) is 24.9 Å². The Bertz CT molecular complexity index is 894. The third kappa shape index (κ3) is 3.39. The van der Waals surface area contributed by atoms with Gasteiger partial charge >= 0.3 is 6.18 Å². The quantitative estimate of drug-likeness (QED) is 0.793. The Balaban J connectivity index is 1.89. The Morgan fingerprint density at radius 2 is 1.79 bits per heavy atom. The monoisotopic (exact) mass is 334 g/mol. The molecule has 0 aliphatic heterocycles. The lowest BCUT2D eigenvalue weighted by Crippen LogP contribution is -2.14. The molecule has 3 aromatic heterocycles. The van der Waals surface area contributed by atoms with Crippen LogP contribution in [0, 0.1) is 13.8 Å². The first-order valence-electron chi connectivity index (χ1n) is 7.07. The van der Waals surface area contributed by atoms with E-state index >= 15 is 0 Å². The molecule has 124 valence electrons. The average Bonchev–Trinajstić information content (AvgIpc) is 2.51. The van der Waals surface area contributed by atoms with Crippen molar-refractivity contribution < 1.29 is 13.2 Å². The third-order valence-electron chi connectivity index (χ3n) is 3.23. The predicted octanol–water partition coefficient (Wildman–Crippen LogP) is 3.06. The number of anilines is 1. The standard InChI is InChI=1S/C15H13F3N6/c1-8-3-4-10-13(23-8)14(21-7-20-10)19-6-12-22-9(2)5-11(24-12)15(16,17)18/h3-5,7H,6H2,1-2H3,(H,19,20,21). The third-order valence-corrected chi connectivity index (χ3v) is 3.23. The molecule has 0 spiro atoms. The van der Waals surface area contributed by atoms with E-state index in [1.54, 1.807) is 6.07 Å². The Kier molecular flexibility index (Phi) is 4.00. The summed E-state index contributed by atoms with van der Waals surface area (Å²) >= 11 is 0. The zero-order valence-electron chi connectivity index (χ0n) is 12.9. The molecule has 6 nitrogen and oxygen atoms in total. The van der Waals surface area contributed by atoms with E-state index < -0.39 is 11.9 Å². The van der Waals surface area contributed by atoms with E-state index in [1.807, 2.05) is 13.0 Å². The van der Waals surface area contributed by atoms with Gasteiger partial charge < -0.3 is 5.32 Å². The van der Waals surface area contributed by atoms with Gasteiger partial charge in [-0.2, -0.15) is 13.2 Å². The summed E-state index contributed by atoms with van der Waals surface area (Å²) in [4.78, 5) is 20.1. The second-order valence-electron chi connectivity index (χ2n) is 5.20. The number of aryl methyl sites for hydroxylation is 2. The van der Waals surface area contributed by atoms with Gasteiger partial charge in [-0.1, -0.05) is 0 Å². The summed E-state index contributed by atoms with van der Waals surface area (Å²) in [7, 11) is 0. The molecule has 1 N–H and O–H groups in total. The molecule has 24 heavy (non-hydrogen) atoms. The van der Waals surface area contributed by atoms with E-state index in [4.69, 9.17) is 0 Å². The number of nitrogens with one attached hydrogen (secondary N) is 1. The lowest BCUT2D eigenvalue weighted by atomic mass is 10.3. The van der Waals surface area contributed by atoms with Crippen LogP contribution < -0.4 is 5.32 Å². The maximum Gasteiger partial charge on any atom is 0.433 e. The summed E-state index contributed by atoms with van der Waals surface area (Å²) in [6.45, 7) is 3.31. The van der Waals surface area contributed by atoms with Crippen molar-refractivity contribution in [2.45, 2.75) is 26.6 Å². The van der Waals surface area contributed by atoms with Crippen LogP contribution in [0.5, 0.6) is 0 Å². The number of nitrogens with zero attached hydrogens (tertiary/aromatic N) is 5. The van der Waals surface area contributed by atoms with Gasteiger partial charge in [0, 0.05) is 11.4 Å². The minimum Gasteiger partial charge on any atom is -0.361 e. The van der Waals surface area contributed by atoms with Crippen molar-refractivity contribution in [3.8, 4) is 0 Å². The predicted molar refractivity (Wildman–Crippen MR) is 81.2 cm³/mol. The highest BCUT2D eigenvalue weighted by molar-refractivity contribution is 5.84. The lowest BCUT2D eigenvalue weighted by molar-refractivity contribution is -0.141. The number of hydrogen-bond donors (Lipinski definition) is 1. The molecule has 0 aliphatic carbocycles. The van der Waals surface area contributed by atoms with Gasteiger partial charge in [0.25, 0.3) is 0 Å². The zero-order chi connectivity index (χ0) is 17.3. The van der Waals surface area contributed by atoms with Crippen LogP contribution >= 0.6 is 0 Å². The molecule has 0 bridgehead atoms. The minimum absolute atomic E-state index is 0.00745. The molecular weight excluding hydrogens is 321 g/mol. The van der Waals surface area contributed by atoms with Crippen molar-refractivity contribution >= 4 is 16.9 Å². The van der Waals surface area contributed by atoms with Crippen LogP contribution in [-0.2, 0) is 12.7 Å². The van der Waals surface area contributed by atoms with Gasteiger partial charge in [-0.15, -0.1) is 0 Å². The topological polar surface area (TPSA) is 76.5 Å². The number of fused-ring (bicyclic) bond motifs is 1. The minimum atomic E-state index is -4.51. The number of aromatic nitrogens is 5. The number of alkyl halides is 3. The summed E-state index contributed by atoms with van der Waals surface area (Å²) < 4.78 is 38.5. The van der Waals surface area contributed by atoms with E-state index in [0.29, 0.717) is 16.9 Å². The Morgan fingerprint density at radius 1 is 1.00 bits per heavy atom. The fourth-order valence-corrected chi connectivity index (χ4v) is 2.18. The van der Waals surface area contributed by atoms with Gasteiger partial charge in [0.1, 0.15) is 23.4 Å². The van der Waals surface area contributed by atoms with Crippen LogP contribution in [-0.4, -0.2) is 24.9 Å². The van der Waals surface area contributed by atoms with Crippen molar-refractivity contribution in [1.29, 1.82) is 0 Å². The fraction of sp³-hybridized carbons (Fsp3) is 0.267. The Hall–Kier alpha value is -2.84. The Labute approximate surface area is 135 Å². The second kappa shape index (κ2) is 5.99. The summed E-state index contributed by atoms with van der Waals surface area (Å²) in [6.07, 6.45) is -3.15. The fourth-order valence-electron chi connectivity index (χ4n) is 2.18. The molecule has 0 atom stereocenters. The van der Waals surface area contributed by atoms with Crippen LogP contribution in [0.2, 0.25) is 0 Å². The number of rotatable bonds is 3. The SMILES string of the molecule is Cc1cc(C(F)(F)F)nc(CNc2ncnc3ccc(C)nc23)n1. The first kappa shape index (κ1) is 16.0. The molecule has 0 saturated carbocycles. The molecular formula is C15H13F3N6. The van der Waals surface area contributed by atoms with Crippen LogP contribution in [0.15, 0.2) is 24.5 Å². The van der Waals surface area contributed by atoms with Gasteiger partial charge in [-0.25, -0.2) is 24.9 Å². The first-order chi connectivity index (χ1) is 11.3. The molecule has 3 aromatic rings. The van der Waals surface area contributed by atoms with Gasteiger partial charge in [0.15, 0.2) is 5.82 Å². The number of pyridine rings is 1. The maximum absolute atomic E-state index is 12.8. The van der Waals surface area contributed by atoms with E-state index in [0.717, 1.165) is 11.8 Å². The highest BCUT2D eigenvalue weighted by Gasteiger charge is 2.33.